The summed E-state index contributed by atoms with van der Waals surface area (Å²) >= 11 is 0. The van der Waals surface area contributed by atoms with Crippen LogP contribution < -0.4 is 11.1 Å². The van der Waals surface area contributed by atoms with E-state index in [0.29, 0.717) is 18.2 Å². The van der Waals surface area contributed by atoms with E-state index in [4.69, 9.17) is 5.73 Å². The van der Waals surface area contributed by atoms with E-state index in [9.17, 15) is 9.18 Å². The first kappa shape index (κ1) is 14.5. The van der Waals surface area contributed by atoms with Gasteiger partial charge in [-0.2, -0.15) is 0 Å². The van der Waals surface area contributed by atoms with Crippen molar-refractivity contribution in [2.45, 2.75) is 33.1 Å². The minimum absolute atomic E-state index is 0.0491. The first-order valence-corrected chi connectivity index (χ1v) is 6.34. The molecule has 3 nitrogen and oxygen atoms in total. The Labute approximate surface area is 108 Å². The summed E-state index contributed by atoms with van der Waals surface area (Å²) < 4.78 is 13.4. The molecule has 0 bridgehead atoms. The number of hydrogen-bond donors (Lipinski definition) is 2. The monoisotopic (exact) mass is 252 g/mol. The predicted octanol–water partition coefficient (Wildman–Crippen LogP) is 2.96. The molecule has 0 saturated heterocycles. The molecule has 1 aromatic rings. The number of amides is 1. The summed E-state index contributed by atoms with van der Waals surface area (Å²) in [5.41, 5.74) is 5.79. The lowest BCUT2D eigenvalue weighted by molar-refractivity contribution is 0.0949. The van der Waals surface area contributed by atoms with E-state index in [2.05, 4.69) is 19.2 Å². The van der Waals surface area contributed by atoms with Crippen molar-refractivity contribution in [3.8, 4) is 0 Å². The maximum atomic E-state index is 13.4. The second-order valence-electron chi connectivity index (χ2n) is 4.88. The molecule has 3 N–H and O–H groups in total. The third-order valence-corrected chi connectivity index (χ3v) is 2.73. The Morgan fingerprint density at radius 3 is 2.72 bits per heavy atom. The molecule has 0 saturated carbocycles. The third-order valence-electron chi connectivity index (χ3n) is 2.73. The van der Waals surface area contributed by atoms with Gasteiger partial charge in [0.05, 0.1) is 5.56 Å². The van der Waals surface area contributed by atoms with Crippen LogP contribution in [0.25, 0.3) is 0 Å². The van der Waals surface area contributed by atoms with Gasteiger partial charge in [-0.1, -0.05) is 26.7 Å². The number of halogens is 1. The van der Waals surface area contributed by atoms with Crippen molar-refractivity contribution in [1.29, 1.82) is 0 Å². The molecule has 1 amide bonds. The number of nitrogen functional groups attached to an aromatic ring is 1. The molecule has 18 heavy (non-hydrogen) atoms. The molecule has 1 aromatic carbocycles. The van der Waals surface area contributed by atoms with E-state index >= 15 is 0 Å². The number of hydrogen-bond acceptors (Lipinski definition) is 2. The van der Waals surface area contributed by atoms with Crippen LogP contribution in [0.5, 0.6) is 0 Å². The Morgan fingerprint density at radius 2 is 2.11 bits per heavy atom. The van der Waals surface area contributed by atoms with Gasteiger partial charge >= 0.3 is 0 Å². The van der Waals surface area contributed by atoms with Gasteiger partial charge in [0.2, 0.25) is 0 Å². The van der Waals surface area contributed by atoms with Crippen molar-refractivity contribution in [2.24, 2.45) is 5.92 Å². The van der Waals surface area contributed by atoms with E-state index in [1.54, 1.807) is 0 Å². The van der Waals surface area contributed by atoms with Gasteiger partial charge < -0.3 is 11.1 Å². The molecule has 0 atom stereocenters. The molecule has 100 valence electrons. The van der Waals surface area contributed by atoms with Crippen LogP contribution >= 0.6 is 0 Å². The zero-order chi connectivity index (χ0) is 13.5. The van der Waals surface area contributed by atoms with Crippen LogP contribution in [0.1, 0.15) is 43.5 Å². The molecule has 0 aliphatic carbocycles. The number of unbranched alkanes of at least 4 members (excludes halogenated alkanes) is 1. The molecule has 0 fully saturated rings. The number of anilines is 1. The summed E-state index contributed by atoms with van der Waals surface area (Å²) in [7, 11) is 0. The number of carbonyl (C=O) groups excluding carboxylic acids is 1. The van der Waals surface area contributed by atoms with Crippen LogP contribution in [-0.2, 0) is 0 Å². The molecular formula is C14H21FN2O. The Balaban J connectivity index is 2.36. The number of rotatable bonds is 6. The van der Waals surface area contributed by atoms with Crippen molar-refractivity contribution in [3.05, 3.63) is 29.6 Å². The molecule has 0 radical (unpaired) electrons. The van der Waals surface area contributed by atoms with E-state index in [0.717, 1.165) is 25.3 Å². The zero-order valence-electron chi connectivity index (χ0n) is 11.0. The topological polar surface area (TPSA) is 55.1 Å². The van der Waals surface area contributed by atoms with Crippen molar-refractivity contribution < 1.29 is 9.18 Å². The summed E-state index contributed by atoms with van der Waals surface area (Å²) in [5.74, 6) is -0.276. The van der Waals surface area contributed by atoms with Gasteiger partial charge in [0.15, 0.2) is 0 Å². The van der Waals surface area contributed by atoms with Gasteiger partial charge in [0, 0.05) is 12.2 Å². The largest absolute Gasteiger partial charge is 0.399 e. The lowest BCUT2D eigenvalue weighted by Gasteiger charge is -2.07. The van der Waals surface area contributed by atoms with E-state index in [-0.39, 0.29) is 11.5 Å². The summed E-state index contributed by atoms with van der Waals surface area (Å²) in [4.78, 5) is 11.7. The molecule has 0 aromatic heterocycles. The molecule has 0 unspecified atom stereocenters. The van der Waals surface area contributed by atoms with Gasteiger partial charge in [-0.25, -0.2) is 4.39 Å². The molecule has 0 aliphatic rings. The highest BCUT2D eigenvalue weighted by molar-refractivity contribution is 5.94. The van der Waals surface area contributed by atoms with Gasteiger partial charge in [-0.15, -0.1) is 0 Å². The lowest BCUT2D eigenvalue weighted by atomic mass is 10.1. The Morgan fingerprint density at radius 1 is 1.39 bits per heavy atom. The van der Waals surface area contributed by atoms with Crippen LogP contribution in [-0.4, -0.2) is 12.5 Å². The Kier molecular flexibility index (Phi) is 5.62. The van der Waals surface area contributed by atoms with Crippen LogP contribution in [0, 0.1) is 11.7 Å². The Hall–Kier alpha value is -1.58. The molecule has 0 spiro atoms. The Bertz CT molecular complexity index is 405. The molecule has 0 heterocycles. The second-order valence-corrected chi connectivity index (χ2v) is 4.88. The summed E-state index contributed by atoms with van der Waals surface area (Å²) in [6.07, 6.45) is 3.13. The highest BCUT2D eigenvalue weighted by Gasteiger charge is 2.10. The first-order valence-electron chi connectivity index (χ1n) is 6.34. The first-order chi connectivity index (χ1) is 8.50. The SMILES string of the molecule is CC(C)CCCCNC(=O)c1ccc(N)cc1F. The average molecular weight is 252 g/mol. The van der Waals surface area contributed by atoms with Crippen molar-refractivity contribution in [1.82, 2.24) is 5.32 Å². The summed E-state index contributed by atoms with van der Waals surface area (Å²) in [6, 6.07) is 4.10. The quantitative estimate of drug-likeness (QED) is 0.604. The highest BCUT2D eigenvalue weighted by atomic mass is 19.1. The third kappa shape index (κ3) is 4.73. The molecule has 0 aliphatic heterocycles. The smallest absolute Gasteiger partial charge is 0.254 e. The van der Waals surface area contributed by atoms with Crippen LogP contribution in [0.2, 0.25) is 0 Å². The predicted molar refractivity (Wildman–Crippen MR) is 71.8 cm³/mol. The normalized spacial score (nSPS) is 10.7. The highest BCUT2D eigenvalue weighted by Crippen LogP contribution is 2.11. The number of nitrogens with one attached hydrogen (secondary N) is 1. The average Bonchev–Trinajstić information content (AvgIpc) is 2.27. The molecule has 1 rings (SSSR count). The van der Waals surface area contributed by atoms with Crippen molar-refractivity contribution in [3.63, 3.8) is 0 Å². The van der Waals surface area contributed by atoms with E-state index < -0.39 is 5.82 Å². The number of carbonyl (C=O) groups is 1. The minimum Gasteiger partial charge on any atom is -0.399 e. The lowest BCUT2D eigenvalue weighted by Crippen LogP contribution is -2.25. The maximum absolute atomic E-state index is 13.4. The van der Waals surface area contributed by atoms with Crippen molar-refractivity contribution in [2.75, 3.05) is 12.3 Å². The fourth-order valence-corrected chi connectivity index (χ4v) is 1.69. The van der Waals surface area contributed by atoms with Crippen LogP contribution in [0.3, 0.4) is 0 Å². The van der Waals surface area contributed by atoms with Crippen LogP contribution in [0.4, 0.5) is 10.1 Å². The number of nitrogens with two attached hydrogens (primary N) is 1. The second kappa shape index (κ2) is 6.99. The fraction of sp³-hybridized carbons (Fsp3) is 0.500. The maximum Gasteiger partial charge on any atom is 0.254 e. The van der Waals surface area contributed by atoms with Crippen LogP contribution in [0.15, 0.2) is 18.2 Å². The summed E-state index contributed by atoms with van der Waals surface area (Å²) in [6.45, 7) is 4.92. The zero-order valence-corrected chi connectivity index (χ0v) is 11.0. The molecule has 4 heteroatoms. The van der Waals surface area contributed by atoms with E-state index in [1.165, 1.54) is 12.1 Å². The van der Waals surface area contributed by atoms with Gasteiger partial charge in [0.1, 0.15) is 5.82 Å². The minimum atomic E-state index is -0.574. The van der Waals surface area contributed by atoms with Gasteiger partial charge in [0.25, 0.3) is 5.91 Å². The fourth-order valence-electron chi connectivity index (χ4n) is 1.69. The summed E-state index contributed by atoms with van der Waals surface area (Å²) in [5, 5.41) is 2.71. The van der Waals surface area contributed by atoms with Crippen molar-refractivity contribution >= 4 is 11.6 Å². The standard InChI is InChI=1S/C14H21FN2O/c1-10(2)5-3-4-8-17-14(18)12-7-6-11(16)9-13(12)15/h6-7,9-10H,3-5,8,16H2,1-2H3,(H,17,18). The van der Waals surface area contributed by atoms with Gasteiger partial charge in [-0.3, -0.25) is 4.79 Å². The van der Waals surface area contributed by atoms with E-state index in [1.807, 2.05) is 0 Å². The number of benzene rings is 1. The van der Waals surface area contributed by atoms with Gasteiger partial charge in [-0.05, 0) is 30.5 Å². The molecular weight excluding hydrogens is 231 g/mol.